The zero-order valence-electron chi connectivity index (χ0n) is 19.6. The SMILES string of the molecule is CN1CCC(OC2c3ccccc3CCn3cc(-c4ccc(N)cc4)nc32)CC1.O=C(O)C(=O)O. The number of aromatic nitrogens is 2. The van der Waals surface area contributed by atoms with E-state index in [1.54, 1.807) is 0 Å². The summed E-state index contributed by atoms with van der Waals surface area (Å²) in [6, 6.07) is 16.6. The van der Waals surface area contributed by atoms with E-state index in [0.29, 0.717) is 0 Å². The summed E-state index contributed by atoms with van der Waals surface area (Å²) in [6.07, 6.45) is 5.45. The van der Waals surface area contributed by atoms with Crippen LogP contribution in [0.15, 0.2) is 54.7 Å². The maximum absolute atomic E-state index is 9.10. The molecule has 4 N–H and O–H groups in total. The van der Waals surface area contributed by atoms with Crippen molar-refractivity contribution in [2.75, 3.05) is 25.9 Å². The molecule has 9 heteroatoms. The summed E-state index contributed by atoms with van der Waals surface area (Å²) in [5.74, 6) is -2.63. The number of nitrogens with two attached hydrogens (primary N) is 1. The second kappa shape index (κ2) is 10.7. The van der Waals surface area contributed by atoms with Gasteiger partial charge in [-0.1, -0.05) is 36.4 Å². The number of aryl methyl sites for hydroxylation is 2. The van der Waals surface area contributed by atoms with E-state index in [9.17, 15) is 0 Å². The molecule has 0 amide bonds. The summed E-state index contributed by atoms with van der Waals surface area (Å²) >= 11 is 0. The van der Waals surface area contributed by atoms with Gasteiger partial charge in [0, 0.05) is 37.1 Å². The first-order chi connectivity index (χ1) is 16.8. The van der Waals surface area contributed by atoms with Crippen LogP contribution in [-0.2, 0) is 27.3 Å². The van der Waals surface area contributed by atoms with E-state index < -0.39 is 11.9 Å². The highest BCUT2D eigenvalue weighted by Crippen LogP contribution is 2.35. The van der Waals surface area contributed by atoms with Crippen molar-refractivity contribution in [2.24, 2.45) is 0 Å². The van der Waals surface area contributed by atoms with E-state index >= 15 is 0 Å². The van der Waals surface area contributed by atoms with Crippen LogP contribution < -0.4 is 5.73 Å². The van der Waals surface area contributed by atoms with Gasteiger partial charge in [0.1, 0.15) is 11.9 Å². The maximum atomic E-state index is 9.10. The highest BCUT2D eigenvalue weighted by atomic mass is 16.5. The highest BCUT2D eigenvalue weighted by molar-refractivity contribution is 6.27. The van der Waals surface area contributed by atoms with E-state index in [2.05, 4.69) is 47.0 Å². The number of imidazole rings is 1. The highest BCUT2D eigenvalue weighted by Gasteiger charge is 2.30. The van der Waals surface area contributed by atoms with Crippen molar-refractivity contribution in [3.8, 4) is 11.3 Å². The minimum absolute atomic E-state index is 0.121. The molecule has 9 nitrogen and oxygen atoms in total. The molecule has 5 rings (SSSR count). The Morgan fingerprint density at radius 3 is 2.31 bits per heavy atom. The van der Waals surface area contributed by atoms with Gasteiger partial charge >= 0.3 is 11.9 Å². The number of carboxylic acid groups (broad SMARTS) is 2. The number of fused-ring (bicyclic) bond motifs is 2. The average Bonchev–Trinajstić information content (AvgIpc) is 3.21. The van der Waals surface area contributed by atoms with Crippen molar-refractivity contribution in [3.63, 3.8) is 0 Å². The van der Waals surface area contributed by atoms with Crippen LogP contribution in [0.5, 0.6) is 0 Å². The smallest absolute Gasteiger partial charge is 0.414 e. The van der Waals surface area contributed by atoms with E-state index in [0.717, 1.165) is 61.7 Å². The van der Waals surface area contributed by atoms with Gasteiger partial charge in [0.15, 0.2) is 0 Å². The van der Waals surface area contributed by atoms with Crippen molar-refractivity contribution in [1.82, 2.24) is 14.5 Å². The molecule has 1 fully saturated rings. The number of hydrogen-bond acceptors (Lipinski definition) is 6. The lowest BCUT2D eigenvalue weighted by Gasteiger charge is -2.32. The Hall–Kier alpha value is -3.69. The van der Waals surface area contributed by atoms with Crippen LogP contribution in [0, 0.1) is 0 Å². The lowest BCUT2D eigenvalue weighted by Crippen LogP contribution is -2.35. The first kappa shape index (κ1) is 24.4. The van der Waals surface area contributed by atoms with Crippen LogP contribution in [0.2, 0.25) is 0 Å². The number of anilines is 1. The lowest BCUT2D eigenvalue weighted by atomic mass is 10.00. The standard InChI is InChI=1S/C24H28N4O.C2H2O4/c1-27-13-11-20(12-14-27)29-23-21-5-3-2-4-17(21)10-15-28-16-22(26-24(23)28)18-6-8-19(25)9-7-18;3-1(4)2(5)6/h2-9,16,20,23H,10-15,25H2,1H3;(H,3,4)(H,5,6). The molecule has 184 valence electrons. The molecule has 2 aliphatic rings. The third kappa shape index (κ3) is 5.87. The summed E-state index contributed by atoms with van der Waals surface area (Å²) in [6.45, 7) is 3.09. The van der Waals surface area contributed by atoms with Gasteiger partial charge in [-0.25, -0.2) is 14.6 Å². The van der Waals surface area contributed by atoms with Crippen LogP contribution in [-0.4, -0.2) is 62.8 Å². The Bertz CT molecular complexity index is 1170. The van der Waals surface area contributed by atoms with Crippen LogP contribution in [0.25, 0.3) is 11.3 Å². The minimum atomic E-state index is -1.82. The minimum Gasteiger partial charge on any atom is -0.473 e. The zero-order valence-corrected chi connectivity index (χ0v) is 19.6. The molecule has 2 aliphatic heterocycles. The van der Waals surface area contributed by atoms with Gasteiger partial charge in [-0.15, -0.1) is 0 Å². The van der Waals surface area contributed by atoms with E-state index in [1.807, 2.05) is 24.3 Å². The molecule has 3 heterocycles. The van der Waals surface area contributed by atoms with Crippen LogP contribution >= 0.6 is 0 Å². The summed E-state index contributed by atoms with van der Waals surface area (Å²) in [5.41, 5.74) is 11.3. The van der Waals surface area contributed by atoms with Crippen molar-refractivity contribution < 1.29 is 24.5 Å². The van der Waals surface area contributed by atoms with Gasteiger partial charge in [0.2, 0.25) is 0 Å². The molecule has 0 radical (unpaired) electrons. The Balaban J connectivity index is 0.000000431. The molecular weight excluding hydrogens is 448 g/mol. The Labute approximate surface area is 203 Å². The summed E-state index contributed by atoms with van der Waals surface area (Å²) in [4.78, 5) is 25.6. The van der Waals surface area contributed by atoms with E-state index in [1.165, 1.54) is 11.1 Å². The number of carboxylic acids is 2. The normalized spacial score (nSPS) is 17.9. The second-order valence-corrected chi connectivity index (χ2v) is 8.88. The molecule has 0 spiro atoms. The van der Waals surface area contributed by atoms with Crippen LogP contribution in [0.3, 0.4) is 0 Å². The molecule has 35 heavy (non-hydrogen) atoms. The summed E-state index contributed by atoms with van der Waals surface area (Å²) in [7, 11) is 2.18. The first-order valence-corrected chi connectivity index (χ1v) is 11.6. The van der Waals surface area contributed by atoms with Gasteiger partial charge < -0.3 is 30.2 Å². The Morgan fingerprint density at radius 1 is 1.00 bits per heavy atom. The quantitative estimate of drug-likeness (QED) is 0.387. The number of ether oxygens (including phenoxy) is 1. The third-order valence-corrected chi connectivity index (χ3v) is 6.39. The molecule has 3 aromatic rings. The third-order valence-electron chi connectivity index (χ3n) is 6.39. The monoisotopic (exact) mass is 478 g/mol. The summed E-state index contributed by atoms with van der Waals surface area (Å²) in [5, 5.41) is 14.8. The number of aliphatic carboxylic acids is 2. The fourth-order valence-electron chi connectivity index (χ4n) is 4.46. The second-order valence-electron chi connectivity index (χ2n) is 8.88. The van der Waals surface area contributed by atoms with Crippen LogP contribution in [0.4, 0.5) is 5.69 Å². The molecule has 1 aromatic heterocycles. The molecule has 0 aliphatic carbocycles. The van der Waals surface area contributed by atoms with Crippen molar-refractivity contribution in [3.05, 3.63) is 71.7 Å². The van der Waals surface area contributed by atoms with Gasteiger partial charge in [-0.2, -0.15) is 0 Å². The molecule has 2 aromatic carbocycles. The number of nitrogen functional groups attached to an aromatic ring is 1. The first-order valence-electron chi connectivity index (χ1n) is 11.6. The number of hydrogen-bond donors (Lipinski definition) is 3. The number of piperidine rings is 1. The number of nitrogens with zero attached hydrogens (tertiary/aromatic N) is 3. The predicted molar refractivity (Wildman–Crippen MR) is 131 cm³/mol. The molecule has 1 unspecified atom stereocenters. The largest absolute Gasteiger partial charge is 0.473 e. The molecule has 1 saturated heterocycles. The lowest BCUT2D eigenvalue weighted by molar-refractivity contribution is -0.159. The van der Waals surface area contributed by atoms with Gasteiger partial charge in [0.25, 0.3) is 0 Å². The fourth-order valence-corrected chi connectivity index (χ4v) is 4.46. The van der Waals surface area contributed by atoms with Gasteiger partial charge in [-0.05, 0) is 49.6 Å². The fraction of sp³-hybridized carbons (Fsp3) is 0.346. The van der Waals surface area contributed by atoms with Crippen molar-refractivity contribution in [2.45, 2.75) is 38.0 Å². The van der Waals surface area contributed by atoms with Crippen molar-refractivity contribution in [1.29, 1.82) is 0 Å². The molecule has 0 bridgehead atoms. The Kier molecular flexibility index (Phi) is 7.48. The number of likely N-dealkylation sites (tertiary alicyclic amines) is 1. The van der Waals surface area contributed by atoms with Gasteiger partial charge in [-0.3, -0.25) is 0 Å². The zero-order chi connectivity index (χ0) is 24.9. The summed E-state index contributed by atoms with van der Waals surface area (Å²) < 4.78 is 9.03. The molecular formula is C26H30N4O5. The Morgan fingerprint density at radius 2 is 1.66 bits per heavy atom. The van der Waals surface area contributed by atoms with Crippen molar-refractivity contribution >= 4 is 17.6 Å². The van der Waals surface area contributed by atoms with Gasteiger partial charge in [0.05, 0.1) is 11.8 Å². The number of rotatable bonds is 3. The van der Waals surface area contributed by atoms with E-state index in [-0.39, 0.29) is 12.2 Å². The number of carbonyl (C=O) groups is 2. The maximum Gasteiger partial charge on any atom is 0.414 e. The average molecular weight is 479 g/mol. The number of benzene rings is 2. The predicted octanol–water partition coefficient (Wildman–Crippen LogP) is 3.04. The molecule has 0 saturated carbocycles. The topological polar surface area (TPSA) is 131 Å². The molecule has 1 atom stereocenters. The van der Waals surface area contributed by atoms with Crippen LogP contribution in [0.1, 0.15) is 35.9 Å². The van der Waals surface area contributed by atoms with E-state index in [4.69, 9.17) is 35.3 Å².